The van der Waals surface area contributed by atoms with Crippen molar-refractivity contribution in [1.82, 2.24) is 29.9 Å². The van der Waals surface area contributed by atoms with Crippen molar-refractivity contribution in [3.8, 4) is 17.6 Å². The van der Waals surface area contributed by atoms with E-state index in [-0.39, 0.29) is 65.1 Å². The van der Waals surface area contributed by atoms with Crippen LogP contribution in [0.4, 0.5) is 17.6 Å². The van der Waals surface area contributed by atoms with E-state index in [1.54, 1.807) is 38.2 Å². The maximum Gasteiger partial charge on any atom is 0.341 e. The number of nitrogens with one attached hydrogen (secondary N) is 1. The quantitative estimate of drug-likeness (QED) is 0.0906. The number of H-pyrrole nitrogens is 1. The molecule has 0 amide bonds. The van der Waals surface area contributed by atoms with Crippen molar-refractivity contribution >= 4 is 46.7 Å². The summed E-state index contributed by atoms with van der Waals surface area (Å²) in [4.78, 5) is 30.7. The first-order valence-electron chi connectivity index (χ1n) is 15.3. The van der Waals surface area contributed by atoms with Gasteiger partial charge in [0.1, 0.15) is 28.7 Å². The predicted octanol–water partition coefficient (Wildman–Crippen LogP) is 7.92. The summed E-state index contributed by atoms with van der Waals surface area (Å²) in [6, 6.07) is 9.14. The number of rotatable bonds is 11. The number of hydrogen-bond donors (Lipinski definition) is 1. The standard InChI is InChI=1S/C16H16ClF2N3O3.C8H7Cl2NO2.C8H10F2N2O/c1-3-24-14(23)10-4-5-11(20-13(10)17)22-7-6-12(21-22)25-9-15(2)8-16(15,18)19;1-2-13-8(12)5-3-4-6(9)11-7(5)10;1-7(4-8(7,9)10)5-13-6-2-3-11-12-6/h4-7H,3,8-9H2,1-2H3;3-4H,2H2,1H3;2-3H,4-5H2,1H3,(H,11,12). The van der Waals surface area contributed by atoms with Crippen LogP contribution in [0.1, 0.15) is 61.3 Å². The van der Waals surface area contributed by atoms with Crippen LogP contribution < -0.4 is 9.47 Å². The Hall–Kier alpha value is -4.15. The van der Waals surface area contributed by atoms with Crippen molar-refractivity contribution in [2.45, 2.75) is 52.4 Å². The molecule has 0 aromatic carbocycles. The molecule has 0 spiro atoms. The molecule has 2 aliphatic rings. The molecule has 2 atom stereocenters. The van der Waals surface area contributed by atoms with Gasteiger partial charge in [0.05, 0.1) is 41.4 Å². The summed E-state index contributed by atoms with van der Waals surface area (Å²) in [5, 5.41) is 10.6. The molecule has 2 fully saturated rings. The normalized spacial score (nSPS) is 20.5. The van der Waals surface area contributed by atoms with E-state index < -0.39 is 34.6 Å². The van der Waals surface area contributed by atoms with Crippen LogP contribution >= 0.6 is 34.8 Å². The van der Waals surface area contributed by atoms with E-state index in [2.05, 4.69) is 25.3 Å². The zero-order valence-corrected chi connectivity index (χ0v) is 30.0. The smallest absolute Gasteiger partial charge is 0.341 e. The predicted molar refractivity (Wildman–Crippen MR) is 177 cm³/mol. The van der Waals surface area contributed by atoms with E-state index in [0.717, 1.165) is 0 Å². The van der Waals surface area contributed by atoms with E-state index in [0.29, 0.717) is 18.3 Å². The number of carbonyl (C=O) groups excluding carboxylic acids is 2. The maximum atomic E-state index is 13.2. The number of aromatic nitrogens is 6. The number of hydrogen-bond acceptors (Lipinski definition) is 10. The molecule has 12 nitrogen and oxygen atoms in total. The first-order valence-corrected chi connectivity index (χ1v) is 16.5. The Morgan fingerprint density at radius 1 is 0.804 bits per heavy atom. The van der Waals surface area contributed by atoms with E-state index in [9.17, 15) is 27.2 Å². The molecule has 51 heavy (non-hydrogen) atoms. The molecule has 6 rings (SSSR count). The number of halogens is 7. The Bertz CT molecular complexity index is 1830. The van der Waals surface area contributed by atoms with Gasteiger partial charge in [-0.05, 0) is 38.1 Å². The molecule has 19 heteroatoms. The lowest BCUT2D eigenvalue weighted by Gasteiger charge is -2.10. The number of pyridine rings is 2. The highest BCUT2D eigenvalue weighted by Gasteiger charge is 2.69. The summed E-state index contributed by atoms with van der Waals surface area (Å²) in [6.07, 6.45) is 2.80. The number of esters is 2. The van der Waals surface area contributed by atoms with Crippen LogP contribution in [0, 0.1) is 10.8 Å². The Kier molecular flexibility index (Phi) is 12.5. The number of carbonyl (C=O) groups is 2. The van der Waals surface area contributed by atoms with E-state index >= 15 is 0 Å². The Balaban J connectivity index is 0.000000189. The van der Waals surface area contributed by atoms with Crippen LogP contribution in [0.3, 0.4) is 0 Å². The van der Waals surface area contributed by atoms with Crippen molar-refractivity contribution in [2.24, 2.45) is 10.8 Å². The SMILES string of the molecule is CC1(COc2ccn[nH]2)CC1(F)F.CCOC(=O)c1ccc(-n2ccc(OCC3(C)CC3(F)F)n2)nc1Cl.CCOC(=O)c1ccc(Cl)nc1Cl. The highest BCUT2D eigenvalue weighted by molar-refractivity contribution is 6.34. The molecule has 4 aromatic heterocycles. The lowest BCUT2D eigenvalue weighted by molar-refractivity contribution is 0.0485. The largest absolute Gasteiger partial charge is 0.477 e. The average molecular weight is 780 g/mol. The van der Waals surface area contributed by atoms with Crippen LogP contribution in [-0.2, 0) is 9.47 Å². The average Bonchev–Trinajstić information content (AvgIpc) is 3.51. The minimum atomic E-state index is -2.69. The molecule has 2 unspecified atom stereocenters. The lowest BCUT2D eigenvalue weighted by atomic mass is 10.1. The highest BCUT2D eigenvalue weighted by Crippen LogP contribution is 2.60. The molecule has 1 N–H and O–H groups in total. The second-order valence-electron chi connectivity index (χ2n) is 11.9. The Labute approximate surface area is 304 Å². The maximum absolute atomic E-state index is 13.2. The Morgan fingerprint density at radius 2 is 1.33 bits per heavy atom. The molecule has 4 aromatic rings. The molecule has 4 heterocycles. The highest BCUT2D eigenvalue weighted by atomic mass is 35.5. The van der Waals surface area contributed by atoms with Crippen LogP contribution in [0.5, 0.6) is 11.8 Å². The van der Waals surface area contributed by atoms with Crippen molar-refractivity contribution in [2.75, 3.05) is 26.4 Å². The van der Waals surface area contributed by atoms with Gasteiger partial charge >= 0.3 is 11.9 Å². The fourth-order valence-corrected chi connectivity index (χ4v) is 4.85. The van der Waals surface area contributed by atoms with Gasteiger partial charge in [-0.3, -0.25) is 0 Å². The summed E-state index contributed by atoms with van der Waals surface area (Å²) in [5.74, 6) is -5.30. The summed E-state index contributed by atoms with van der Waals surface area (Å²) in [5.41, 5.74) is -1.75. The van der Waals surface area contributed by atoms with E-state index in [4.69, 9.17) is 53.8 Å². The summed E-state index contributed by atoms with van der Waals surface area (Å²) < 4.78 is 73.2. The van der Waals surface area contributed by atoms with Crippen molar-refractivity contribution in [3.05, 3.63) is 75.4 Å². The summed E-state index contributed by atoms with van der Waals surface area (Å²) in [7, 11) is 0. The minimum Gasteiger partial charge on any atom is -0.477 e. The van der Waals surface area contributed by atoms with Gasteiger partial charge in [-0.1, -0.05) is 48.7 Å². The molecule has 0 radical (unpaired) electrons. The monoisotopic (exact) mass is 778 g/mol. The molecule has 0 saturated heterocycles. The fraction of sp³-hybridized carbons (Fsp3) is 0.438. The van der Waals surface area contributed by atoms with Crippen molar-refractivity contribution in [1.29, 1.82) is 0 Å². The van der Waals surface area contributed by atoms with Gasteiger partial charge in [0, 0.05) is 31.2 Å². The Morgan fingerprint density at radius 3 is 1.80 bits per heavy atom. The first kappa shape index (κ1) is 39.6. The number of nitrogens with zero attached hydrogens (tertiary/aromatic N) is 5. The zero-order chi connectivity index (χ0) is 37.6. The summed E-state index contributed by atoms with van der Waals surface area (Å²) in [6.45, 7) is 6.84. The zero-order valence-electron chi connectivity index (χ0n) is 27.7. The molecule has 276 valence electrons. The molecule has 2 saturated carbocycles. The molecule has 0 aliphatic heterocycles. The second kappa shape index (κ2) is 16.0. The van der Waals surface area contributed by atoms with Crippen molar-refractivity contribution < 1.29 is 46.1 Å². The van der Waals surface area contributed by atoms with E-state index in [1.165, 1.54) is 42.9 Å². The lowest BCUT2D eigenvalue weighted by Crippen LogP contribution is -2.17. The molecule has 0 bridgehead atoms. The van der Waals surface area contributed by atoms with Gasteiger partial charge in [0.25, 0.3) is 11.8 Å². The number of alkyl halides is 4. The van der Waals surface area contributed by atoms with Crippen molar-refractivity contribution in [3.63, 3.8) is 0 Å². The van der Waals surface area contributed by atoms with E-state index in [1.807, 2.05) is 0 Å². The van der Waals surface area contributed by atoms with Gasteiger partial charge in [-0.25, -0.2) is 46.9 Å². The van der Waals surface area contributed by atoms with Gasteiger partial charge in [0.2, 0.25) is 11.8 Å². The first-order chi connectivity index (χ1) is 23.9. The third kappa shape index (κ3) is 10.0. The van der Waals surface area contributed by atoms with Gasteiger partial charge in [-0.15, -0.1) is 5.10 Å². The van der Waals surface area contributed by atoms with Gasteiger partial charge in [0.15, 0.2) is 5.82 Å². The van der Waals surface area contributed by atoms with Crippen LogP contribution in [-0.4, -0.2) is 80.2 Å². The third-order valence-electron chi connectivity index (χ3n) is 7.74. The van der Waals surface area contributed by atoms with Gasteiger partial charge in [-0.2, -0.15) is 5.10 Å². The number of ether oxygens (including phenoxy) is 4. The topological polar surface area (TPSA) is 143 Å². The fourth-order valence-electron chi connectivity index (χ4n) is 4.20. The van der Waals surface area contributed by atoms with Crippen LogP contribution in [0.2, 0.25) is 15.5 Å². The van der Waals surface area contributed by atoms with Crippen LogP contribution in [0.25, 0.3) is 5.82 Å². The molecular weight excluding hydrogens is 747 g/mol. The van der Waals surface area contributed by atoms with Crippen LogP contribution in [0.15, 0.2) is 48.8 Å². The number of aromatic amines is 1. The minimum absolute atomic E-state index is 0.0148. The summed E-state index contributed by atoms with van der Waals surface area (Å²) >= 11 is 17.2. The van der Waals surface area contributed by atoms with Gasteiger partial charge < -0.3 is 18.9 Å². The third-order valence-corrected chi connectivity index (χ3v) is 8.53. The second-order valence-corrected chi connectivity index (χ2v) is 13.0. The molecular formula is C32H33Cl3F4N6O6. The molecule has 2 aliphatic carbocycles.